The van der Waals surface area contributed by atoms with E-state index in [4.69, 9.17) is 27.9 Å². The van der Waals surface area contributed by atoms with Crippen molar-refractivity contribution in [1.82, 2.24) is 10.2 Å². The van der Waals surface area contributed by atoms with Gasteiger partial charge in [-0.05, 0) is 17.7 Å². The van der Waals surface area contributed by atoms with Crippen molar-refractivity contribution in [1.29, 1.82) is 0 Å². The number of aromatic nitrogens is 2. The molecule has 6 heteroatoms. The van der Waals surface area contributed by atoms with Crippen LogP contribution in [0.3, 0.4) is 0 Å². The van der Waals surface area contributed by atoms with Crippen LogP contribution in [0.2, 0.25) is 10.3 Å². The summed E-state index contributed by atoms with van der Waals surface area (Å²) in [6, 6.07) is 9.53. The Balaban J connectivity index is 2.20. The number of nitrogens with zero attached hydrogens (tertiary/aromatic N) is 3. The topological polar surface area (TPSA) is 38.2 Å². The summed E-state index contributed by atoms with van der Waals surface area (Å²) < 4.78 is 5.20. The summed E-state index contributed by atoms with van der Waals surface area (Å²) in [5.74, 6) is 0.822. The molecule has 100 valence electrons. The van der Waals surface area contributed by atoms with Gasteiger partial charge < -0.3 is 9.64 Å². The van der Waals surface area contributed by atoms with Gasteiger partial charge in [0.2, 0.25) is 0 Å². The Morgan fingerprint density at radius 3 is 2.74 bits per heavy atom. The molecule has 2 rings (SSSR count). The first-order chi connectivity index (χ1) is 9.10. The van der Waals surface area contributed by atoms with Crippen molar-refractivity contribution in [3.8, 4) is 5.75 Å². The number of methoxy groups -OCH3 is 1. The molecular weight excluding hydrogens is 285 g/mol. The van der Waals surface area contributed by atoms with E-state index in [0.717, 1.165) is 17.0 Å². The minimum Gasteiger partial charge on any atom is -0.497 e. The minimum atomic E-state index is 0.317. The standard InChI is InChI=1S/C13H13Cl2N3O/c1-18(11-7-12(14)16-17-13(11)15)8-9-4-3-5-10(6-9)19-2/h3-7H,8H2,1-2H3. The van der Waals surface area contributed by atoms with E-state index in [1.54, 1.807) is 13.2 Å². The van der Waals surface area contributed by atoms with Gasteiger partial charge in [-0.15, -0.1) is 10.2 Å². The Morgan fingerprint density at radius 1 is 1.21 bits per heavy atom. The summed E-state index contributed by atoms with van der Waals surface area (Å²) in [6.07, 6.45) is 0. The van der Waals surface area contributed by atoms with Crippen molar-refractivity contribution in [2.75, 3.05) is 19.1 Å². The Kier molecular flexibility index (Phi) is 4.45. The lowest BCUT2D eigenvalue weighted by atomic mass is 10.2. The molecule has 0 aliphatic rings. The van der Waals surface area contributed by atoms with Gasteiger partial charge in [0.1, 0.15) is 5.75 Å². The molecule has 0 radical (unpaired) electrons. The van der Waals surface area contributed by atoms with Gasteiger partial charge in [0.25, 0.3) is 0 Å². The lowest BCUT2D eigenvalue weighted by molar-refractivity contribution is 0.414. The zero-order valence-electron chi connectivity index (χ0n) is 10.6. The van der Waals surface area contributed by atoms with E-state index in [0.29, 0.717) is 16.9 Å². The third-order valence-electron chi connectivity index (χ3n) is 2.67. The fraction of sp³-hybridized carbons (Fsp3) is 0.231. The van der Waals surface area contributed by atoms with Gasteiger partial charge >= 0.3 is 0 Å². The van der Waals surface area contributed by atoms with Crippen LogP contribution in [0.4, 0.5) is 5.69 Å². The molecule has 19 heavy (non-hydrogen) atoms. The normalized spacial score (nSPS) is 10.3. The first-order valence-corrected chi connectivity index (χ1v) is 6.38. The molecule has 0 saturated heterocycles. The van der Waals surface area contributed by atoms with E-state index in [1.165, 1.54) is 0 Å². The van der Waals surface area contributed by atoms with Crippen LogP contribution in [0.25, 0.3) is 0 Å². The lowest BCUT2D eigenvalue weighted by Crippen LogP contribution is -2.17. The summed E-state index contributed by atoms with van der Waals surface area (Å²) in [5.41, 5.74) is 1.84. The largest absolute Gasteiger partial charge is 0.497 e. The van der Waals surface area contributed by atoms with Crippen molar-refractivity contribution in [2.24, 2.45) is 0 Å². The molecule has 0 unspecified atom stereocenters. The fourth-order valence-electron chi connectivity index (χ4n) is 1.74. The molecule has 0 atom stereocenters. The highest BCUT2D eigenvalue weighted by Crippen LogP contribution is 2.26. The molecular formula is C13H13Cl2N3O. The molecule has 1 aromatic carbocycles. The van der Waals surface area contributed by atoms with E-state index in [1.807, 2.05) is 36.2 Å². The highest BCUT2D eigenvalue weighted by Gasteiger charge is 2.10. The van der Waals surface area contributed by atoms with Gasteiger partial charge in [-0.3, -0.25) is 0 Å². The van der Waals surface area contributed by atoms with Gasteiger partial charge in [-0.2, -0.15) is 0 Å². The summed E-state index contributed by atoms with van der Waals surface area (Å²) in [7, 11) is 3.56. The number of rotatable bonds is 4. The van der Waals surface area contributed by atoms with E-state index < -0.39 is 0 Å². The van der Waals surface area contributed by atoms with Gasteiger partial charge in [-0.25, -0.2) is 0 Å². The molecule has 0 bridgehead atoms. The molecule has 2 aromatic rings. The van der Waals surface area contributed by atoms with Crippen molar-refractivity contribution in [3.63, 3.8) is 0 Å². The zero-order valence-corrected chi connectivity index (χ0v) is 12.1. The maximum atomic E-state index is 6.02. The molecule has 0 fully saturated rings. The van der Waals surface area contributed by atoms with Gasteiger partial charge in [-0.1, -0.05) is 35.3 Å². The van der Waals surface area contributed by atoms with Gasteiger partial charge in [0, 0.05) is 19.7 Å². The van der Waals surface area contributed by atoms with Crippen LogP contribution < -0.4 is 9.64 Å². The maximum Gasteiger partial charge on any atom is 0.175 e. The van der Waals surface area contributed by atoms with Crippen LogP contribution in [0.15, 0.2) is 30.3 Å². The SMILES string of the molecule is COc1cccc(CN(C)c2cc(Cl)nnc2Cl)c1. The zero-order chi connectivity index (χ0) is 13.8. The maximum absolute atomic E-state index is 6.02. The first kappa shape index (κ1) is 13.9. The van der Waals surface area contributed by atoms with Crippen molar-refractivity contribution in [3.05, 3.63) is 46.2 Å². The van der Waals surface area contributed by atoms with Gasteiger partial charge in [0.15, 0.2) is 10.3 Å². The number of halogens is 2. The molecule has 0 amide bonds. The van der Waals surface area contributed by atoms with Crippen LogP contribution in [-0.2, 0) is 6.54 Å². The van der Waals surface area contributed by atoms with Crippen LogP contribution >= 0.6 is 23.2 Å². The van der Waals surface area contributed by atoms with E-state index >= 15 is 0 Å². The molecule has 0 aliphatic heterocycles. The number of hydrogen-bond donors (Lipinski definition) is 0. The predicted molar refractivity (Wildman–Crippen MR) is 77.2 cm³/mol. The Labute approximate surface area is 121 Å². The highest BCUT2D eigenvalue weighted by atomic mass is 35.5. The number of ether oxygens (including phenoxy) is 1. The van der Waals surface area contributed by atoms with Crippen LogP contribution in [-0.4, -0.2) is 24.4 Å². The lowest BCUT2D eigenvalue weighted by Gasteiger charge is -2.20. The van der Waals surface area contributed by atoms with E-state index in [-0.39, 0.29) is 0 Å². The van der Waals surface area contributed by atoms with Crippen LogP contribution in [0.1, 0.15) is 5.56 Å². The molecule has 1 aromatic heterocycles. The monoisotopic (exact) mass is 297 g/mol. The van der Waals surface area contributed by atoms with Crippen molar-refractivity contribution in [2.45, 2.75) is 6.54 Å². The third kappa shape index (κ3) is 3.49. The molecule has 4 nitrogen and oxygen atoms in total. The number of benzene rings is 1. The number of anilines is 1. The second-order valence-corrected chi connectivity index (χ2v) is 4.80. The Hall–Kier alpha value is -1.52. The quantitative estimate of drug-likeness (QED) is 0.867. The smallest absolute Gasteiger partial charge is 0.175 e. The van der Waals surface area contributed by atoms with Gasteiger partial charge in [0.05, 0.1) is 12.8 Å². The second kappa shape index (κ2) is 6.08. The number of hydrogen-bond acceptors (Lipinski definition) is 4. The first-order valence-electron chi connectivity index (χ1n) is 5.63. The average Bonchev–Trinajstić information content (AvgIpc) is 2.41. The molecule has 0 saturated carbocycles. The molecule has 0 aliphatic carbocycles. The molecule has 0 spiro atoms. The van der Waals surface area contributed by atoms with Crippen LogP contribution in [0, 0.1) is 0 Å². The highest BCUT2D eigenvalue weighted by molar-refractivity contribution is 6.33. The molecule has 1 heterocycles. The summed E-state index contributed by atoms with van der Waals surface area (Å²) >= 11 is 11.8. The Morgan fingerprint density at radius 2 is 2.00 bits per heavy atom. The van der Waals surface area contributed by atoms with Crippen LogP contribution in [0.5, 0.6) is 5.75 Å². The summed E-state index contributed by atoms with van der Waals surface area (Å²) in [4.78, 5) is 1.96. The third-order valence-corrected chi connectivity index (χ3v) is 3.12. The fourth-order valence-corrected chi connectivity index (χ4v) is 2.12. The van der Waals surface area contributed by atoms with E-state index in [9.17, 15) is 0 Å². The minimum absolute atomic E-state index is 0.317. The van der Waals surface area contributed by atoms with Crippen molar-refractivity contribution < 1.29 is 4.74 Å². The van der Waals surface area contributed by atoms with Crippen molar-refractivity contribution >= 4 is 28.9 Å². The van der Waals surface area contributed by atoms with E-state index in [2.05, 4.69) is 10.2 Å². The average molecular weight is 298 g/mol. The Bertz CT molecular complexity index is 578. The summed E-state index contributed by atoms with van der Waals surface area (Å²) in [5, 5.41) is 8.13. The second-order valence-electron chi connectivity index (χ2n) is 4.05. The predicted octanol–water partition coefficient (Wildman–Crippen LogP) is 3.43. The summed E-state index contributed by atoms with van der Waals surface area (Å²) in [6.45, 7) is 0.666. The molecule has 0 N–H and O–H groups in total.